The zero-order valence-corrected chi connectivity index (χ0v) is 11.4. The van der Waals surface area contributed by atoms with E-state index in [1.165, 1.54) is 6.42 Å². The van der Waals surface area contributed by atoms with Crippen molar-refractivity contribution in [2.24, 2.45) is 0 Å². The summed E-state index contributed by atoms with van der Waals surface area (Å²) in [6, 6.07) is 0.273. The van der Waals surface area contributed by atoms with Crippen molar-refractivity contribution < 1.29 is 14.3 Å². The van der Waals surface area contributed by atoms with Crippen molar-refractivity contribution in [3.05, 3.63) is 0 Å². The molecule has 0 radical (unpaired) electrons. The Labute approximate surface area is 110 Å². The highest BCUT2D eigenvalue weighted by Crippen LogP contribution is 2.21. The number of carbonyl (C=O) groups excluding carboxylic acids is 1. The van der Waals surface area contributed by atoms with Crippen LogP contribution in [-0.4, -0.2) is 42.9 Å². The fourth-order valence-corrected chi connectivity index (χ4v) is 2.76. The van der Waals surface area contributed by atoms with Crippen LogP contribution in [0.1, 0.15) is 51.9 Å². The first-order valence-electron chi connectivity index (χ1n) is 7.34. The van der Waals surface area contributed by atoms with Crippen LogP contribution in [0.25, 0.3) is 0 Å². The van der Waals surface area contributed by atoms with Gasteiger partial charge in [-0.05, 0) is 38.5 Å². The molecule has 2 aliphatic heterocycles. The van der Waals surface area contributed by atoms with Crippen molar-refractivity contribution in [1.82, 2.24) is 4.90 Å². The molecule has 0 aliphatic carbocycles. The minimum Gasteiger partial charge on any atom is -0.353 e. The smallest absolute Gasteiger partial charge is 0.222 e. The third kappa shape index (κ3) is 3.69. The zero-order valence-electron chi connectivity index (χ0n) is 11.4. The maximum absolute atomic E-state index is 11.9. The van der Waals surface area contributed by atoms with Crippen LogP contribution in [0.3, 0.4) is 0 Å². The van der Waals surface area contributed by atoms with Gasteiger partial charge in [0.1, 0.15) is 0 Å². The van der Waals surface area contributed by atoms with Crippen LogP contribution < -0.4 is 0 Å². The third-order valence-electron chi connectivity index (χ3n) is 3.77. The molecule has 1 unspecified atom stereocenters. The van der Waals surface area contributed by atoms with Gasteiger partial charge in [0.05, 0.1) is 12.6 Å². The van der Waals surface area contributed by atoms with Gasteiger partial charge in [0, 0.05) is 19.6 Å². The summed E-state index contributed by atoms with van der Waals surface area (Å²) in [5.41, 5.74) is 0. The molecule has 104 valence electrons. The number of likely N-dealkylation sites (tertiary alicyclic amines) is 1. The fourth-order valence-electron chi connectivity index (χ4n) is 2.76. The van der Waals surface area contributed by atoms with Crippen LogP contribution in [0.5, 0.6) is 0 Å². The molecule has 0 spiro atoms. The van der Waals surface area contributed by atoms with Crippen LogP contribution in [0.2, 0.25) is 0 Å². The van der Waals surface area contributed by atoms with E-state index in [1.54, 1.807) is 0 Å². The molecule has 0 N–H and O–H groups in total. The first-order valence-corrected chi connectivity index (χ1v) is 7.34. The first-order chi connectivity index (χ1) is 8.81. The van der Waals surface area contributed by atoms with Gasteiger partial charge < -0.3 is 14.4 Å². The number of hydrogen-bond donors (Lipinski definition) is 0. The second-order valence-electron chi connectivity index (χ2n) is 5.26. The van der Waals surface area contributed by atoms with Crippen molar-refractivity contribution >= 4 is 5.91 Å². The molecule has 2 rings (SSSR count). The largest absolute Gasteiger partial charge is 0.353 e. The lowest BCUT2D eigenvalue weighted by Crippen LogP contribution is -2.39. The molecule has 2 saturated heterocycles. The van der Waals surface area contributed by atoms with Crippen molar-refractivity contribution in [2.75, 3.05) is 19.8 Å². The van der Waals surface area contributed by atoms with Gasteiger partial charge in [-0.3, -0.25) is 4.79 Å². The van der Waals surface area contributed by atoms with Crippen molar-refractivity contribution in [2.45, 2.75) is 64.2 Å². The molecule has 1 amide bonds. The molecule has 2 heterocycles. The van der Waals surface area contributed by atoms with Crippen molar-refractivity contribution in [3.63, 3.8) is 0 Å². The molecular weight excluding hydrogens is 230 g/mol. The first kappa shape index (κ1) is 13.8. The predicted octanol–water partition coefficient (Wildman–Crippen LogP) is 2.32. The Morgan fingerprint density at radius 2 is 2.22 bits per heavy atom. The van der Waals surface area contributed by atoms with E-state index >= 15 is 0 Å². The molecule has 4 nitrogen and oxygen atoms in total. The highest BCUT2D eigenvalue weighted by Gasteiger charge is 2.29. The normalized spacial score (nSPS) is 28.6. The van der Waals surface area contributed by atoms with Gasteiger partial charge in [-0.25, -0.2) is 0 Å². The summed E-state index contributed by atoms with van der Waals surface area (Å²) in [7, 11) is 0. The molecule has 0 aromatic heterocycles. The summed E-state index contributed by atoms with van der Waals surface area (Å²) in [5, 5.41) is 0. The minimum atomic E-state index is -0.0394. The van der Waals surface area contributed by atoms with Crippen LogP contribution in [0, 0.1) is 0 Å². The lowest BCUT2D eigenvalue weighted by molar-refractivity contribution is -0.171. The van der Waals surface area contributed by atoms with Crippen molar-refractivity contribution in [1.29, 1.82) is 0 Å². The average molecular weight is 255 g/mol. The summed E-state index contributed by atoms with van der Waals surface area (Å²) < 4.78 is 11.4. The van der Waals surface area contributed by atoms with E-state index in [0.29, 0.717) is 13.0 Å². The van der Waals surface area contributed by atoms with Gasteiger partial charge in [0.25, 0.3) is 0 Å². The Balaban J connectivity index is 1.75. The molecule has 2 aliphatic rings. The summed E-state index contributed by atoms with van der Waals surface area (Å²) in [4.78, 5) is 14.0. The van der Waals surface area contributed by atoms with Crippen LogP contribution >= 0.6 is 0 Å². The minimum absolute atomic E-state index is 0.0394. The van der Waals surface area contributed by atoms with Gasteiger partial charge in [-0.1, -0.05) is 6.92 Å². The van der Waals surface area contributed by atoms with E-state index in [-0.39, 0.29) is 18.2 Å². The number of rotatable bonds is 5. The summed E-state index contributed by atoms with van der Waals surface area (Å²) in [6.07, 6.45) is 7.05. The number of amides is 1. The molecule has 0 bridgehead atoms. The van der Waals surface area contributed by atoms with Gasteiger partial charge in [-0.2, -0.15) is 0 Å². The lowest BCUT2D eigenvalue weighted by atomic mass is 10.2. The topological polar surface area (TPSA) is 38.8 Å². The van der Waals surface area contributed by atoms with Crippen LogP contribution in [0.4, 0.5) is 0 Å². The van der Waals surface area contributed by atoms with E-state index in [0.717, 1.165) is 45.3 Å². The second-order valence-corrected chi connectivity index (χ2v) is 5.26. The molecule has 18 heavy (non-hydrogen) atoms. The van der Waals surface area contributed by atoms with E-state index in [4.69, 9.17) is 9.47 Å². The number of carbonyl (C=O) groups is 1. The maximum atomic E-state index is 11.9. The third-order valence-corrected chi connectivity index (χ3v) is 3.77. The lowest BCUT2D eigenvalue weighted by Gasteiger charge is -2.28. The molecule has 0 aromatic rings. The molecule has 0 saturated carbocycles. The predicted molar refractivity (Wildman–Crippen MR) is 69.2 cm³/mol. The van der Waals surface area contributed by atoms with Crippen LogP contribution in [0.15, 0.2) is 0 Å². The SMILES string of the molecule is CCCC(=O)N1CCC[C@H]1COC1CCCCO1. The highest BCUT2D eigenvalue weighted by molar-refractivity contribution is 5.76. The summed E-state index contributed by atoms with van der Waals surface area (Å²) >= 11 is 0. The van der Waals surface area contributed by atoms with Crippen molar-refractivity contribution in [3.8, 4) is 0 Å². The van der Waals surface area contributed by atoms with Gasteiger partial charge >= 0.3 is 0 Å². The zero-order chi connectivity index (χ0) is 12.8. The fraction of sp³-hybridized carbons (Fsp3) is 0.929. The Morgan fingerprint density at radius 1 is 1.33 bits per heavy atom. The van der Waals surface area contributed by atoms with E-state index in [2.05, 4.69) is 6.92 Å². The summed E-state index contributed by atoms with van der Waals surface area (Å²) in [5.74, 6) is 0.285. The molecule has 0 aromatic carbocycles. The van der Waals surface area contributed by atoms with Gasteiger partial charge in [0.2, 0.25) is 5.91 Å². The number of ether oxygens (including phenoxy) is 2. The number of nitrogens with zero attached hydrogens (tertiary/aromatic N) is 1. The highest BCUT2D eigenvalue weighted by atomic mass is 16.7. The van der Waals surface area contributed by atoms with E-state index < -0.39 is 0 Å². The Hall–Kier alpha value is -0.610. The Bertz CT molecular complexity index is 264. The van der Waals surface area contributed by atoms with Gasteiger partial charge in [0.15, 0.2) is 6.29 Å². The molecule has 4 heteroatoms. The van der Waals surface area contributed by atoms with Crippen LogP contribution in [-0.2, 0) is 14.3 Å². The summed E-state index contributed by atoms with van der Waals surface area (Å²) in [6.45, 7) is 4.40. The maximum Gasteiger partial charge on any atom is 0.222 e. The van der Waals surface area contributed by atoms with E-state index in [9.17, 15) is 4.79 Å². The molecule has 2 atom stereocenters. The molecule has 2 fully saturated rings. The van der Waals surface area contributed by atoms with E-state index in [1.807, 2.05) is 4.90 Å². The van der Waals surface area contributed by atoms with Gasteiger partial charge in [-0.15, -0.1) is 0 Å². The quantitative estimate of drug-likeness (QED) is 0.756. The Morgan fingerprint density at radius 3 is 2.94 bits per heavy atom. The number of hydrogen-bond acceptors (Lipinski definition) is 3. The standard InChI is InChI=1S/C14H25NO3/c1-2-6-13(16)15-9-5-7-12(15)11-18-14-8-3-4-10-17-14/h12,14H,2-11H2,1H3/t12-,14?/m0/s1. The molecular formula is C14H25NO3. The monoisotopic (exact) mass is 255 g/mol. The second kappa shape index (κ2) is 7.10. The Kier molecular flexibility index (Phi) is 5.45. The average Bonchev–Trinajstić information content (AvgIpc) is 2.86.